The monoisotopic (exact) mass is 469 g/mol. The number of nitrogens with two attached hydrogens (primary N) is 1. The fraction of sp³-hybridized carbons (Fsp3) is 0.286. The molecule has 0 radical (unpaired) electrons. The minimum atomic E-state index is -5.41. The van der Waals surface area contributed by atoms with E-state index in [2.05, 4.69) is 9.98 Å². The van der Waals surface area contributed by atoms with Crippen LogP contribution in [-0.4, -0.2) is 30.1 Å². The maximum Gasteiger partial charge on any atom is 0.451 e. The van der Waals surface area contributed by atoms with Crippen LogP contribution in [0.3, 0.4) is 0 Å². The van der Waals surface area contributed by atoms with Gasteiger partial charge < -0.3 is 5.73 Å². The van der Waals surface area contributed by atoms with E-state index in [0.717, 1.165) is 0 Å². The minimum absolute atomic E-state index is 0.00795. The van der Waals surface area contributed by atoms with E-state index in [1.807, 2.05) is 5.43 Å². The van der Waals surface area contributed by atoms with Crippen LogP contribution in [0.15, 0.2) is 33.5 Å². The quantitative estimate of drug-likeness (QED) is 0.603. The van der Waals surface area contributed by atoms with Gasteiger partial charge in [0.1, 0.15) is 17.7 Å². The highest BCUT2D eigenvalue weighted by Crippen LogP contribution is 2.41. The number of fused-ring (bicyclic) bond motifs is 1. The molecular formula is C14H6ClF10N5. The van der Waals surface area contributed by atoms with Gasteiger partial charge in [-0.15, -0.1) is 0 Å². The highest BCUT2D eigenvalue weighted by Gasteiger charge is 2.51. The number of halogens is 11. The Morgan fingerprint density at radius 1 is 0.967 bits per heavy atom. The van der Waals surface area contributed by atoms with Gasteiger partial charge in [0.25, 0.3) is 0 Å². The van der Waals surface area contributed by atoms with Crippen molar-refractivity contribution in [2.75, 3.05) is 5.01 Å². The van der Waals surface area contributed by atoms with Crippen LogP contribution >= 0.6 is 11.6 Å². The fourth-order valence-electron chi connectivity index (χ4n) is 2.66. The van der Waals surface area contributed by atoms with E-state index in [9.17, 15) is 43.9 Å². The molecule has 1 aromatic rings. The van der Waals surface area contributed by atoms with E-state index in [4.69, 9.17) is 17.3 Å². The second-order valence-electron chi connectivity index (χ2n) is 5.86. The zero-order valence-corrected chi connectivity index (χ0v) is 14.6. The third-order valence-electron chi connectivity index (χ3n) is 3.86. The summed E-state index contributed by atoms with van der Waals surface area (Å²) in [6.45, 7) is 0. The molecule has 0 aliphatic carbocycles. The molecule has 0 fully saturated rings. The zero-order valence-electron chi connectivity index (χ0n) is 13.8. The first-order valence-electron chi connectivity index (χ1n) is 7.45. The number of alkyl halides is 9. The number of rotatable bonds is 1. The molecular weight excluding hydrogens is 464 g/mol. The lowest BCUT2D eigenvalue weighted by molar-refractivity contribution is -0.137. The summed E-state index contributed by atoms with van der Waals surface area (Å²) >= 11 is 5.64. The molecule has 1 atom stereocenters. The largest absolute Gasteiger partial charge is 0.451 e. The van der Waals surface area contributed by atoms with Crippen molar-refractivity contribution in [2.45, 2.75) is 24.7 Å². The molecule has 1 aromatic carbocycles. The van der Waals surface area contributed by atoms with Crippen molar-refractivity contribution in [1.29, 1.82) is 0 Å². The predicted octanol–water partition coefficient (Wildman–Crippen LogP) is 4.30. The maximum absolute atomic E-state index is 14.3. The van der Waals surface area contributed by atoms with Crippen molar-refractivity contribution in [2.24, 2.45) is 15.7 Å². The molecule has 0 saturated heterocycles. The van der Waals surface area contributed by atoms with E-state index >= 15 is 0 Å². The van der Waals surface area contributed by atoms with Gasteiger partial charge in [0.05, 0.1) is 16.2 Å². The Kier molecular flexibility index (Phi) is 4.97. The summed E-state index contributed by atoms with van der Waals surface area (Å²) < 4.78 is 131. The normalized spacial score (nSPS) is 20.4. The summed E-state index contributed by atoms with van der Waals surface area (Å²) in [4.78, 5) is 5.46. The summed E-state index contributed by atoms with van der Waals surface area (Å²) in [7, 11) is 0. The van der Waals surface area contributed by atoms with Crippen LogP contribution in [0.1, 0.15) is 5.56 Å². The first kappa shape index (κ1) is 22.1. The van der Waals surface area contributed by atoms with Crippen LogP contribution in [0.4, 0.5) is 49.6 Å². The van der Waals surface area contributed by atoms with Crippen LogP contribution in [0.5, 0.6) is 0 Å². The van der Waals surface area contributed by atoms with Crippen LogP contribution in [-0.2, 0) is 6.18 Å². The average molecular weight is 470 g/mol. The number of hydrogen-bond acceptors (Lipinski definition) is 5. The highest BCUT2D eigenvalue weighted by molar-refractivity contribution is 6.33. The van der Waals surface area contributed by atoms with E-state index in [0.29, 0.717) is 0 Å². The molecule has 0 aromatic heterocycles. The van der Waals surface area contributed by atoms with Crippen LogP contribution in [0.2, 0.25) is 5.02 Å². The Balaban J connectivity index is 2.15. The van der Waals surface area contributed by atoms with E-state index in [-0.39, 0.29) is 17.1 Å². The van der Waals surface area contributed by atoms with E-state index in [1.165, 1.54) is 0 Å². The summed E-state index contributed by atoms with van der Waals surface area (Å²) in [5, 5.41) is -0.649. The van der Waals surface area contributed by atoms with E-state index < -0.39 is 69.7 Å². The third-order valence-corrected chi connectivity index (χ3v) is 4.14. The molecule has 1 unspecified atom stereocenters. The van der Waals surface area contributed by atoms with Crippen LogP contribution < -0.4 is 16.2 Å². The summed E-state index contributed by atoms with van der Waals surface area (Å²) in [5.74, 6) is -4.79. The second kappa shape index (κ2) is 6.73. The van der Waals surface area contributed by atoms with Crippen molar-refractivity contribution >= 4 is 28.8 Å². The van der Waals surface area contributed by atoms with Gasteiger partial charge in [-0.25, -0.2) is 14.4 Å². The Morgan fingerprint density at radius 3 is 2.03 bits per heavy atom. The molecule has 3 N–H and O–H groups in total. The van der Waals surface area contributed by atoms with Gasteiger partial charge >= 0.3 is 18.5 Å². The number of nitrogens with one attached hydrogen (secondary N) is 1. The van der Waals surface area contributed by atoms with Gasteiger partial charge in [-0.05, 0) is 12.1 Å². The Morgan fingerprint density at radius 2 is 1.57 bits per heavy atom. The number of benzene rings is 1. The van der Waals surface area contributed by atoms with E-state index in [1.54, 1.807) is 0 Å². The molecule has 2 aliphatic rings. The number of hydrazine groups is 1. The van der Waals surface area contributed by atoms with Crippen molar-refractivity contribution in [3.05, 3.63) is 39.9 Å². The van der Waals surface area contributed by atoms with Crippen LogP contribution in [0, 0.1) is 5.82 Å². The van der Waals surface area contributed by atoms with Gasteiger partial charge in [0.2, 0.25) is 5.84 Å². The maximum atomic E-state index is 14.3. The fourth-order valence-corrected chi connectivity index (χ4v) is 2.95. The molecule has 5 nitrogen and oxygen atoms in total. The lowest BCUT2D eigenvalue weighted by Crippen LogP contribution is -2.43. The molecule has 30 heavy (non-hydrogen) atoms. The number of amidine groups is 1. The van der Waals surface area contributed by atoms with Gasteiger partial charge in [-0.1, -0.05) is 11.6 Å². The number of anilines is 1. The molecule has 0 spiro atoms. The lowest BCUT2D eigenvalue weighted by atomic mass is 10.1. The molecule has 0 bridgehead atoms. The third kappa shape index (κ3) is 3.78. The van der Waals surface area contributed by atoms with Crippen molar-refractivity contribution in [3.63, 3.8) is 0 Å². The van der Waals surface area contributed by atoms with Gasteiger partial charge in [-0.2, -0.15) is 44.9 Å². The molecule has 3 rings (SSSR count). The first-order chi connectivity index (χ1) is 13.5. The Bertz CT molecular complexity index is 965. The summed E-state index contributed by atoms with van der Waals surface area (Å²) in [6, 6.07) is 0.261. The highest BCUT2D eigenvalue weighted by atomic mass is 35.5. The molecule has 0 amide bonds. The smallest absolute Gasteiger partial charge is 0.384 e. The zero-order chi connectivity index (χ0) is 22.8. The first-order valence-corrected chi connectivity index (χ1v) is 7.83. The van der Waals surface area contributed by atoms with Gasteiger partial charge in [0.15, 0.2) is 11.5 Å². The standard InChI is InChI=1S/C14H6ClF10N5/c15-4-1-3(12(17,18)19)2-5(16)7(4)30-9(26)6-8(13(20,21)22)27-11(14(23,24)25)28-10(6)29-30/h1-2,10,29H,26H2. The molecule has 16 heteroatoms. The van der Waals surface area contributed by atoms with Crippen molar-refractivity contribution in [3.8, 4) is 0 Å². The predicted molar refractivity (Wildman–Crippen MR) is 84.0 cm³/mol. The lowest BCUT2D eigenvalue weighted by Gasteiger charge is -2.23. The molecule has 2 aliphatic heterocycles. The van der Waals surface area contributed by atoms with Crippen molar-refractivity contribution < 1.29 is 43.9 Å². The average Bonchev–Trinajstić information content (AvgIpc) is 2.87. The van der Waals surface area contributed by atoms with Gasteiger partial charge in [0, 0.05) is 0 Å². The second-order valence-corrected chi connectivity index (χ2v) is 6.27. The Hall–Kier alpha value is -2.55. The molecule has 164 valence electrons. The van der Waals surface area contributed by atoms with Crippen molar-refractivity contribution in [1.82, 2.24) is 5.43 Å². The SMILES string of the molecule is NC1=C2C(C(F)(F)F)=NC(C(F)(F)F)=NC2NN1c1c(F)cc(C(F)(F)F)cc1Cl. The summed E-state index contributed by atoms with van der Waals surface area (Å²) in [5.41, 5.74) is 1.91. The molecule has 0 saturated carbocycles. The number of aliphatic imine (C=N–C) groups is 2. The Labute approximate surface area is 164 Å². The van der Waals surface area contributed by atoms with Crippen LogP contribution in [0.25, 0.3) is 0 Å². The van der Waals surface area contributed by atoms with Gasteiger partial charge in [-0.3, -0.25) is 5.01 Å². The summed E-state index contributed by atoms with van der Waals surface area (Å²) in [6.07, 6.45) is -17.9. The number of nitrogens with zero attached hydrogens (tertiary/aromatic N) is 3. The molecule has 2 heterocycles. The minimum Gasteiger partial charge on any atom is -0.384 e. The topological polar surface area (TPSA) is 66.0 Å². The number of hydrogen-bond donors (Lipinski definition) is 2.